The van der Waals surface area contributed by atoms with Gasteiger partial charge in [0.2, 0.25) is 0 Å². The summed E-state index contributed by atoms with van der Waals surface area (Å²) in [7, 11) is 0. The number of hydrogen-bond donors (Lipinski definition) is 0. The van der Waals surface area contributed by atoms with E-state index in [1.54, 1.807) is 0 Å². The summed E-state index contributed by atoms with van der Waals surface area (Å²) in [5.41, 5.74) is 0. The van der Waals surface area contributed by atoms with E-state index in [2.05, 4.69) is 5.92 Å². The fourth-order valence-electron chi connectivity index (χ4n) is 1.76. The van der Waals surface area contributed by atoms with Crippen LogP contribution in [0.2, 0.25) is 0 Å². The second-order valence-electron chi connectivity index (χ2n) is 3.25. The summed E-state index contributed by atoms with van der Waals surface area (Å²) in [4.78, 5) is 0. The first-order valence-electron chi connectivity index (χ1n) is 4.37. The molecule has 0 nitrogen and oxygen atoms in total. The largest absolute Gasteiger partial charge is 0.120 e. The van der Waals surface area contributed by atoms with Crippen molar-refractivity contribution in [3.8, 4) is 12.3 Å². The molecule has 56 valence electrons. The Morgan fingerprint density at radius 2 is 1.90 bits per heavy atom. The Morgan fingerprint density at radius 3 is 2.50 bits per heavy atom. The topological polar surface area (TPSA) is 0 Å². The highest BCUT2D eigenvalue weighted by atomic mass is 14.2. The molecule has 0 aromatic rings. The van der Waals surface area contributed by atoms with Gasteiger partial charge in [0.05, 0.1) is 0 Å². The second-order valence-corrected chi connectivity index (χ2v) is 3.25. The van der Waals surface area contributed by atoms with Crippen LogP contribution in [0, 0.1) is 18.3 Å². The van der Waals surface area contributed by atoms with Crippen LogP contribution in [0.4, 0.5) is 0 Å². The van der Waals surface area contributed by atoms with Crippen LogP contribution in [0.1, 0.15) is 44.9 Å². The first kappa shape index (κ1) is 7.66. The molecule has 0 amide bonds. The molecule has 0 heteroatoms. The molecular formula is C10H16. The van der Waals surface area contributed by atoms with E-state index in [9.17, 15) is 0 Å². The molecule has 0 aromatic carbocycles. The van der Waals surface area contributed by atoms with Gasteiger partial charge >= 0.3 is 0 Å². The summed E-state index contributed by atoms with van der Waals surface area (Å²) in [6, 6.07) is 0. The number of rotatable bonds is 2. The Balaban J connectivity index is 2.09. The van der Waals surface area contributed by atoms with E-state index < -0.39 is 0 Å². The van der Waals surface area contributed by atoms with E-state index in [-0.39, 0.29) is 0 Å². The van der Waals surface area contributed by atoms with Gasteiger partial charge in [-0.1, -0.05) is 32.1 Å². The first-order chi connectivity index (χ1) is 4.93. The van der Waals surface area contributed by atoms with Gasteiger partial charge in [-0.25, -0.2) is 0 Å². The zero-order valence-electron chi connectivity index (χ0n) is 6.60. The minimum Gasteiger partial charge on any atom is -0.120 e. The van der Waals surface area contributed by atoms with Crippen molar-refractivity contribution in [1.29, 1.82) is 0 Å². The molecule has 0 bridgehead atoms. The Kier molecular flexibility index (Phi) is 3.36. The van der Waals surface area contributed by atoms with Crippen LogP contribution in [0.3, 0.4) is 0 Å². The van der Waals surface area contributed by atoms with Crippen LogP contribution in [0.25, 0.3) is 0 Å². The Morgan fingerprint density at radius 1 is 1.20 bits per heavy atom. The van der Waals surface area contributed by atoms with Crippen LogP contribution < -0.4 is 0 Å². The summed E-state index contributed by atoms with van der Waals surface area (Å²) in [6.45, 7) is 0. The van der Waals surface area contributed by atoms with E-state index in [4.69, 9.17) is 6.42 Å². The van der Waals surface area contributed by atoms with Gasteiger partial charge in [-0.05, 0) is 12.3 Å². The normalized spacial score (nSPS) is 20.3. The molecule has 0 saturated heterocycles. The number of terminal acetylenes is 1. The van der Waals surface area contributed by atoms with Crippen molar-refractivity contribution in [2.75, 3.05) is 0 Å². The molecule has 0 heterocycles. The molecule has 1 aliphatic carbocycles. The molecular weight excluding hydrogens is 120 g/mol. The van der Waals surface area contributed by atoms with Gasteiger partial charge in [0.15, 0.2) is 0 Å². The zero-order valence-corrected chi connectivity index (χ0v) is 6.60. The highest BCUT2D eigenvalue weighted by Crippen LogP contribution is 2.26. The molecule has 10 heavy (non-hydrogen) atoms. The molecule has 1 fully saturated rings. The highest BCUT2D eigenvalue weighted by Gasteiger charge is 2.11. The molecule has 0 aromatic heterocycles. The van der Waals surface area contributed by atoms with Gasteiger partial charge in [0, 0.05) is 6.42 Å². The summed E-state index contributed by atoms with van der Waals surface area (Å²) < 4.78 is 0. The predicted octanol–water partition coefficient (Wildman–Crippen LogP) is 2.98. The van der Waals surface area contributed by atoms with Crippen molar-refractivity contribution < 1.29 is 0 Å². The van der Waals surface area contributed by atoms with E-state index in [0.717, 1.165) is 12.3 Å². The number of hydrogen-bond acceptors (Lipinski definition) is 0. The van der Waals surface area contributed by atoms with Crippen LogP contribution in [0.15, 0.2) is 0 Å². The molecule has 0 aliphatic heterocycles. The van der Waals surface area contributed by atoms with Crippen LogP contribution in [0.5, 0.6) is 0 Å². The monoisotopic (exact) mass is 136 g/mol. The average Bonchev–Trinajstić information content (AvgIpc) is 2.03. The minimum atomic E-state index is 0.963. The van der Waals surface area contributed by atoms with Gasteiger partial charge < -0.3 is 0 Å². The van der Waals surface area contributed by atoms with E-state index in [0.29, 0.717) is 0 Å². The summed E-state index contributed by atoms with van der Waals surface area (Å²) in [5.74, 6) is 3.68. The lowest BCUT2D eigenvalue weighted by Gasteiger charge is -2.19. The van der Waals surface area contributed by atoms with Gasteiger partial charge in [-0.2, -0.15) is 0 Å². The van der Waals surface area contributed by atoms with Crippen molar-refractivity contribution >= 4 is 0 Å². The second kappa shape index (κ2) is 4.39. The van der Waals surface area contributed by atoms with Gasteiger partial charge in [-0.15, -0.1) is 12.3 Å². The third-order valence-corrected chi connectivity index (χ3v) is 2.42. The lowest BCUT2D eigenvalue weighted by Crippen LogP contribution is -2.05. The summed E-state index contributed by atoms with van der Waals surface area (Å²) >= 11 is 0. The molecule has 0 N–H and O–H groups in total. The lowest BCUT2D eigenvalue weighted by molar-refractivity contribution is 0.342. The minimum absolute atomic E-state index is 0.963. The molecule has 0 spiro atoms. The summed E-state index contributed by atoms with van der Waals surface area (Å²) in [6.07, 6.45) is 14.7. The van der Waals surface area contributed by atoms with Crippen molar-refractivity contribution in [2.45, 2.75) is 44.9 Å². The highest BCUT2D eigenvalue weighted by molar-refractivity contribution is 4.84. The van der Waals surface area contributed by atoms with E-state index >= 15 is 0 Å². The standard InChI is InChI=1S/C10H16/c1-2-3-7-10-8-5-4-6-9-10/h1,10H,3-9H2. The van der Waals surface area contributed by atoms with Crippen LogP contribution in [-0.2, 0) is 0 Å². The quantitative estimate of drug-likeness (QED) is 0.512. The Bertz CT molecular complexity index is 112. The SMILES string of the molecule is C#CCCC1CCCCC1. The maximum absolute atomic E-state index is 5.20. The van der Waals surface area contributed by atoms with E-state index in [1.165, 1.54) is 38.5 Å². The third-order valence-electron chi connectivity index (χ3n) is 2.42. The third kappa shape index (κ3) is 2.43. The van der Waals surface area contributed by atoms with Gasteiger partial charge in [0.25, 0.3) is 0 Å². The average molecular weight is 136 g/mol. The molecule has 0 unspecified atom stereocenters. The maximum Gasteiger partial charge on any atom is 0.00886 e. The smallest absolute Gasteiger partial charge is 0.00886 e. The molecule has 1 saturated carbocycles. The fourth-order valence-corrected chi connectivity index (χ4v) is 1.76. The Labute approximate surface area is 64.0 Å². The fraction of sp³-hybridized carbons (Fsp3) is 0.800. The molecule has 1 rings (SSSR count). The molecule has 0 atom stereocenters. The molecule has 1 aliphatic rings. The van der Waals surface area contributed by atoms with Crippen molar-refractivity contribution in [3.63, 3.8) is 0 Å². The lowest BCUT2D eigenvalue weighted by atomic mass is 9.86. The van der Waals surface area contributed by atoms with Crippen molar-refractivity contribution in [3.05, 3.63) is 0 Å². The molecule has 0 radical (unpaired) electrons. The predicted molar refractivity (Wildman–Crippen MR) is 44.6 cm³/mol. The van der Waals surface area contributed by atoms with Crippen LogP contribution in [-0.4, -0.2) is 0 Å². The zero-order chi connectivity index (χ0) is 7.23. The van der Waals surface area contributed by atoms with Crippen LogP contribution >= 0.6 is 0 Å². The van der Waals surface area contributed by atoms with Crippen molar-refractivity contribution in [2.24, 2.45) is 5.92 Å². The van der Waals surface area contributed by atoms with Gasteiger partial charge in [0.1, 0.15) is 0 Å². The Hall–Kier alpha value is -0.440. The van der Waals surface area contributed by atoms with Gasteiger partial charge in [-0.3, -0.25) is 0 Å². The van der Waals surface area contributed by atoms with E-state index in [1.807, 2.05) is 0 Å². The maximum atomic E-state index is 5.20. The van der Waals surface area contributed by atoms with Crippen molar-refractivity contribution in [1.82, 2.24) is 0 Å². The first-order valence-corrected chi connectivity index (χ1v) is 4.37. The summed E-state index contributed by atoms with van der Waals surface area (Å²) in [5, 5.41) is 0.